The monoisotopic (exact) mass is 313 g/mol. The van der Waals surface area contributed by atoms with Gasteiger partial charge in [0.15, 0.2) is 0 Å². The van der Waals surface area contributed by atoms with E-state index in [1.165, 1.54) is 17.7 Å². The minimum absolute atomic E-state index is 0.0655. The summed E-state index contributed by atoms with van der Waals surface area (Å²) in [6.07, 6.45) is 0. The maximum absolute atomic E-state index is 13.5. The van der Waals surface area contributed by atoms with Crippen molar-refractivity contribution in [1.29, 1.82) is 0 Å². The van der Waals surface area contributed by atoms with Crippen LogP contribution < -0.4 is 5.73 Å². The van der Waals surface area contributed by atoms with Crippen molar-refractivity contribution in [2.75, 3.05) is 31.9 Å². The second-order valence-electron chi connectivity index (χ2n) is 5.76. The summed E-state index contributed by atoms with van der Waals surface area (Å²) in [4.78, 5) is 16.6. The van der Waals surface area contributed by atoms with Crippen molar-refractivity contribution in [3.05, 3.63) is 65.5 Å². The molecule has 0 saturated carbocycles. The van der Waals surface area contributed by atoms with Crippen LogP contribution in [-0.4, -0.2) is 41.9 Å². The zero-order valence-corrected chi connectivity index (χ0v) is 12.9. The summed E-state index contributed by atoms with van der Waals surface area (Å²) in [5.74, 6) is -0.736. The number of halogens is 1. The third-order valence-corrected chi connectivity index (χ3v) is 4.19. The molecule has 1 saturated heterocycles. The summed E-state index contributed by atoms with van der Waals surface area (Å²) in [5.41, 5.74) is 7.14. The topological polar surface area (TPSA) is 49.6 Å². The molecule has 0 bridgehead atoms. The number of nitrogens with zero attached hydrogens (tertiary/aromatic N) is 2. The van der Waals surface area contributed by atoms with E-state index in [1.807, 2.05) is 18.2 Å². The summed E-state index contributed by atoms with van der Waals surface area (Å²) >= 11 is 0. The Morgan fingerprint density at radius 3 is 2.39 bits per heavy atom. The minimum Gasteiger partial charge on any atom is -0.396 e. The average Bonchev–Trinajstić information content (AvgIpc) is 2.58. The molecule has 2 N–H and O–H groups in total. The fourth-order valence-corrected chi connectivity index (χ4v) is 2.84. The van der Waals surface area contributed by atoms with Crippen LogP contribution in [0.4, 0.5) is 10.1 Å². The summed E-state index contributed by atoms with van der Waals surface area (Å²) in [5, 5.41) is 0. The van der Waals surface area contributed by atoms with E-state index in [2.05, 4.69) is 17.0 Å². The number of rotatable bonds is 3. The lowest BCUT2D eigenvalue weighted by molar-refractivity contribution is 0.0629. The zero-order chi connectivity index (χ0) is 16.2. The van der Waals surface area contributed by atoms with E-state index in [9.17, 15) is 9.18 Å². The van der Waals surface area contributed by atoms with Crippen molar-refractivity contribution in [2.45, 2.75) is 6.54 Å². The van der Waals surface area contributed by atoms with E-state index in [-0.39, 0.29) is 17.2 Å². The van der Waals surface area contributed by atoms with Gasteiger partial charge in [-0.3, -0.25) is 9.69 Å². The number of hydrogen-bond donors (Lipinski definition) is 1. The predicted molar refractivity (Wildman–Crippen MR) is 88.4 cm³/mol. The lowest BCUT2D eigenvalue weighted by atomic mass is 10.1. The molecule has 23 heavy (non-hydrogen) atoms. The molecular formula is C18H20FN3O. The Balaban J connectivity index is 1.60. The summed E-state index contributed by atoms with van der Waals surface area (Å²) in [7, 11) is 0. The molecule has 5 heteroatoms. The van der Waals surface area contributed by atoms with Crippen molar-refractivity contribution >= 4 is 11.6 Å². The molecule has 3 rings (SSSR count). The van der Waals surface area contributed by atoms with Crippen molar-refractivity contribution in [3.63, 3.8) is 0 Å². The van der Waals surface area contributed by atoms with Gasteiger partial charge in [-0.1, -0.05) is 36.4 Å². The molecule has 1 aliphatic heterocycles. The fourth-order valence-electron chi connectivity index (χ4n) is 2.84. The Kier molecular flexibility index (Phi) is 4.57. The number of benzene rings is 2. The highest BCUT2D eigenvalue weighted by Crippen LogP contribution is 2.19. The Hall–Kier alpha value is -2.40. The molecular weight excluding hydrogens is 293 g/mol. The number of carbonyl (C=O) groups is 1. The van der Waals surface area contributed by atoms with Gasteiger partial charge in [-0.15, -0.1) is 0 Å². The van der Waals surface area contributed by atoms with Crippen LogP contribution in [0.3, 0.4) is 0 Å². The molecule has 0 aromatic heterocycles. The van der Waals surface area contributed by atoms with E-state index in [0.717, 1.165) is 19.6 Å². The summed E-state index contributed by atoms with van der Waals surface area (Å²) < 4.78 is 13.5. The number of para-hydroxylation sites is 1. The number of nitrogens with two attached hydrogens (primary N) is 1. The Morgan fingerprint density at radius 1 is 1.00 bits per heavy atom. The maximum Gasteiger partial charge on any atom is 0.256 e. The first kappa shape index (κ1) is 15.5. The molecule has 0 atom stereocenters. The first-order chi connectivity index (χ1) is 11.1. The van der Waals surface area contributed by atoms with Crippen LogP contribution in [0.2, 0.25) is 0 Å². The molecule has 120 valence electrons. The second-order valence-corrected chi connectivity index (χ2v) is 5.76. The van der Waals surface area contributed by atoms with Crippen molar-refractivity contribution < 1.29 is 9.18 Å². The van der Waals surface area contributed by atoms with Gasteiger partial charge in [0, 0.05) is 32.7 Å². The highest BCUT2D eigenvalue weighted by Gasteiger charge is 2.24. The minimum atomic E-state index is -0.543. The van der Waals surface area contributed by atoms with Gasteiger partial charge >= 0.3 is 0 Å². The second kappa shape index (κ2) is 6.79. The normalized spacial score (nSPS) is 15.6. The van der Waals surface area contributed by atoms with E-state index in [0.29, 0.717) is 13.1 Å². The number of amides is 1. The van der Waals surface area contributed by atoms with Crippen molar-refractivity contribution in [3.8, 4) is 0 Å². The van der Waals surface area contributed by atoms with E-state index in [1.54, 1.807) is 11.0 Å². The van der Waals surface area contributed by atoms with Crippen LogP contribution in [0.15, 0.2) is 48.5 Å². The number of nitrogen functional groups attached to an aromatic ring is 1. The highest BCUT2D eigenvalue weighted by atomic mass is 19.1. The summed E-state index contributed by atoms with van der Waals surface area (Å²) in [6, 6.07) is 14.6. The molecule has 2 aromatic carbocycles. The van der Waals surface area contributed by atoms with Gasteiger partial charge < -0.3 is 10.6 Å². The predicted octanol–water partition coefficient (Wildman–Crippen LogP) is 2.37. The molecule has 2 aromatic rings. The zero-order valence-electron chi connectivity index (χ0n) is 12.9. The smallest absolute Gasteiger partial charge is 0.256 e. The molecule has 4 nitrogen and oxygen atoms in total. The maximum atomic E-state index is 13.5. The Labute approximate surface area is 135 Å². The molecule has 0 unspecified atom stereocenters. The standard InChI is InChI=1S/C18H20FN3O/c19-16-8-4-7-15(17(16)20)18(23)22-11-9-21(10-12-22)13-14-5-2-1-3-6-14/h1-8H,9-13,20H2. The van der Waals surface area contributed by atoms with Gasteiger partial charge in [-0.25, -0.2) is 4.39 Å². The van der Waals surface area contributed by atoms with Gasteiger partial charge in [-0.2, -0.15) is 0 Å². The number of carbonyl (C=O) groups excluding carboxylic acids is 1. The molecule has 1 amide bonds. The number of hydrogen-bond acceptors (Lipinski definition) is 3. The van der Waals surface area contributed by atoms with Crippen LogP contribution in [-0.2, 0) is 6.54 Å². The van der Waals surface area contributed by atoms with Crippen LogP contribution in [0, 0.1) is 5.82 Å². The fraction of sp³-hybridized carbons (Fsp3) is 0.278. The Morgan fingerprint density at radius 2 is 1.70 bits per heavy atom. The van der Waals surface area contributed by atoms with Crippen LogP contribution in [0.25, 0.3) is 0 Å². The summed E-state index contributed by atoms with van der Waals surface area (Å²) in [6.45, 7) is 3.74. The van der Waals surface area contributed by atoms with Crippen LogP contribution >= 0.6 is 0 Å². The number of anilines is 1. The van der Waals surface area contributed by atoms with Gasteiger partial charge in [0.05, 0.1) is 11.3 Å². The van der Waals surface area contributed by atoms with Crippen molar-refractivity contribution in [1.82, 2.24) is 9.80 Å². The largest absolute Gasteiger partial charge is 0.396 e. The molecule has 0 spiro atoms. The van der Waals surface area contributed by atoms with Crippen LogP contribution in [0.1, 0.15) is 15.9 Å². The average molecular weight is 313 g/mol. The van der Waals surface area contributed by atoms with E-state index in [4.69, 9.17) is 5.73 Å². The molecule has 1 fully saturated rings. The number of piperazine rings is 1. The van der Waals surface area contributed by atoms with E-state index >= 15 is 0 Å². The first-order valence-corrected chi connectivity index (χ1v) is 7.74. The van der Waals surface area contributed by atoms with E-state index < -0.39 is 5.82 Å². The first-order valence-electron chi connectivity index (χ1n) is 7.74. The van der Waals surface area contributed by atoms with Gasteiger partial charge in [-0.05, 0) is 17.7 Å². The lowest BCUT2D eigenvalue weighted by Crippen LogP contribution is -2.48. The molecule has 0 radical (unpaired) electrons. The SMILES string of the molecule is Nc1c(F)cccc1C(=O)N1CCN(Cc2ccccc2)CC1. The Bertz CT molecular complexity index is 682. The molecule has 0 aliphatic carbocycles. The van der Waals surface area contributed by atoms with Gasteiger partial charge in [0.2, 0.25) is 0 Å². The third-order valence-electron chi connectivity index (χ3n) is 4.19. The van der Waals surface area contributed by atoms with Crippen LogP contribution in [0.5, 0.6) is 0 Å². The van der Waals surface area contributed by atoms with Crippen molar-refractivity contribution in [2.24, 2.45) is 0 Å². The quantitative estimate of drug-likeness (QED) is 0.885. The van der Waals surface area contributed by atoms with Gasteiger partial charge in [0.1, 0.15) is 5.82 Å². The van der Waals surface area contributed by atoms with Gasteiger partial charge in [0.25, 0.3) is 5.91 Å². The lowest BCUT2D eigenvalue weighted by Gasteiger charge is -2.35. The molecule has 1 heterocycles. The highest BCUT2D eigenvalue weighted by molar-refractivity contribution is 5.99. The molecule has 1 aliphatic rings. The third kappa shape index (κ3) is 3.51.